The molecule has 2 rings (SSSR count). The number of halogens is 1. The highest BCUT2D eigenvalue weighted by Gasteiger charge is 2.31. The van der Waals surface area contributed by atoms with E-state index in [1.165, 1.54) is 6.07 Å². The van der Waals surface area contributed by atoms with Crippen LogP contribution in [0, 0.1) is 25.6 Å². The maximum absolute atomic E-state index is 14.8. The highest BCUT2D eigenvalue weighted by molar-refractivity contribution is 5.69. The largest absolute Gasteiger partial charge is 0.488 e. The topological polar surface area (TPSA) is 76.2 Å². The van der Waals surface area contributed by atoms with Gasteiger partial charge in [0.05, 0.1) is 11.2 Å². The summed E-state index contributed by atoms with van der Waals surface area (Å²) in [5.74, 6) is -0.0250. The fourth-order valence-corrected chi connectivity index (χ4v) is 3.58. The standard InChI is InChI=1S/C23H34FN3O3/c1-14(2)12-23(8,25-21(28)30-22(5,6)7)13-29-19-10-9-17(11-18(19)24)20-15(3)26-27-16(20)4/h9-11,14H,12-13H2,1-8H3,(H,25,28)(H,26,27)/t23-/m0/s1. The van der Waals surface area contributed by atoms with E-state index >= 15 is 0 Å². The van der Waals surface area contributed by atoms with Crippen molar-refractivity contribution in [1.82, 2.24) is 15.5 Å². The van der Waals surface area contributed by atoms with Crippen LogP contribution < -0.4 is 10.1 Å². The average molecular weight is 420 g/mol. The predicted octanol–water partition coefficient (Wildman–Crippen LogP) is 5.54. The quantitative estimate of drug-likeness (QED) is 0.618. The molecular weight excluding hydrogens is 385 g/mol. The van der Waals surface area contributed by atoms with Crippen LogP contribution in [0.1, 0.15) is 59.4 Å². The van der Waals surface area contributed by atoms with E-state index < -0.39 is 23.1 Å². The number of hydrogen-bond acceptors (Lipinski definition) is 4. The van der Waals surface area contributed by atoms with Gasteiger partial charge in [0.25, 0.3) is 0 Å². The molecule has 1 atom stereocenters. The smallest absolute Gasteiger partial charge is 0.408 e. The Morgan fingerprint density at radius 1 is 1.23 bits per heavy atom. The van der Waals surface area contributed by atoms with Crippen LogP contribution in [-0.2, 0) is 4.74 Å². The van der Waals surface area contributed by atoms with Gasteiger partial charge in [-0.3, -0.25) is 5.10 Å². The lowest BCUT2D eigenvalue weighted by molar-refractivity contribution is 0.0406. The number of H-pyrrole nitrogens is 1. The number of carbonyl (C=O) groups excluding carboxylic acids is 1. The molecule has 1 aromatic carbocycles. The molecule has 166 valence electrons. The minimum Gasteiger partial charge on any atom is -0.488 e. The number of aryl methyl sites for hydroxylation is 2. The number of amides is 1. The molecule has 0 radical (unpaired) electrons. The van der Waals surface area contributed by atoms with E-state index in [0.717, 1.165) is 22.5 Å². The van der Waals surface area contributed by atoms with E-state index in [9.17, 15) is 9.18 Å². The van der Waals surface area contributed by atoms with Gasteiger partial charge in [-0.05, 0) is 71.6 Å². The van der Waals surface area contributed by atoms with Crippen LogP contribution in [-0.4, -0.2) is 34.0 Å². The van der Waals surface area contributed by atoms with Gasteiger partial charge in [0, 0.05) is 11.3 Å². The number of aromatic amines is 1. The van der Waals surface area contributed by atoms with Gasteiger partial charge in [-0.25, -0.2) is 9.18 Å². The van der Waals surface area contributed by atoms with E-state index in [2.05, 4.69) is 29.4 Å². The van der Waals surface area contributed by atoms with Gasteiger partial charge in [0.15, 0.2) is 11.6 Å². The summed E-state index contributed by atoms with van der Waals surface area (Å²) in [6.07, 6.45) is 0.135. The fourth-order valence-electron chi connectivity index (χ4n) is 3.58. The van der Waals surface area contributed by atoms with Gasteiger partial charge in [-0.15, -0.1) is 0 Å². The van der Waals surface area contributed by atoms with Gasteiger partial charge >= 0.3 is 6.09 Å². The first-order chi connectivity index (χ1) is 13.8. The SMILES string of the molecule is Cc1n[nH]c(C)c1-c1ccc(OC[C@](C)(CC(C)C)NC(=O)OC(C)(C)C)c(F)c1. The summed E-state index contributed by atoms with van der Waals surface area (Å²) >= 11 is 0. The van der Waals surface area contributed by atoms with Crippen LogP contribution in [0.2, 0.25) is 0 Å². The van der Waals surface area contributed by atoms with Gasteiger partial charge in [0.1, 0.15) is 12.2 Å². The zero-order valence-electron chi connectivity index (χ0n) is 19.3. The summed E-state index contributed by atoms with van der Waals surface area (Å²) in [6.45, 7) is 15.3. The van der Waals surface area contributed by atoms with Crippen molar-refractivity contribution >= 4 is 6.09 Å². The number of ether oxygens (including phenoxy) is 2. The van der Waals surface area contributed by atoms with Crippen molar-refractivity contribution < 1.29 is 18.7 Å². The van der Waals surface area contributed by atoms with E-state index in [1.807, 2.05) is 47.6 Å². The summed E-state index contributed by atoms with van der Waals surface area (Å²) in [6, 6.07) is 4.87. The summed E-state index contributed by atoms with van der Waals surface area (Å²) < 4.78 is 25.9. The van der Waals surface area contributed by atoms with Crippen LogP contribution in [0.15, 0.2) is 18.2 Å². The Hall–Kier alpha value is -2.57. The maximum Gasteiger partial charge on any atom is 0.408 e. The van der Waals surface area contributed by atoms with Crippen molar-refractivity contribution in [3.8, 4) is 16.9 Å². The van der Waals surface area contributed by atoms with E-state index in [0.29, 0.717) is 12.3 Å². The molecular formula is C23H34FN3O3. The van der Waals surface area contributed by atoms with Crippen LogP contribution in [0.25, 0.3) is 11.1 Å². The first-order valence-corrected chi connectivity index (χ1v) is 10.2. The molecule has 1 amide bonds. The number of nitrogens with one attached hydrogen (secondary N) is 2. The molecule has 1 aromatic heterocycles. The summed E-state index contributed by atoms with van der Waals surface area (Å²) in [7, 11) is 0. The van der Waals surface area contributed by atoms with Crippen molar-refractivity contribution in [2.45, 2.75) is 73.0 Å². The average Bonchev–Trinajstić information content (AvgIpc) is 2.89. The minimum atomic E-state index is -0.709. The number of nitrogens with zero attached hydrogens (tertiary/aromatic N) is 1. The number of hydrogen-bond donors (Lipinski definition) is 2. The van der Waals surface area contributed by atoms with Gasteiger partial charge in [0.2, 0.25) is 0 Å². The van der Waals surface area contributed by atoms with E-state index in [1.54, 1.807) is 6.07 Å². The second-order valence-corrected chi connectivity index (χ2v) is 9.53. The minimum absolute atomic E-state index is 0.116. The van der Waals surface area contributed by atoms with Crippen LogP contribution in [0.4, 0.5) is 9.18 Å². The number of benzene rings is 1. The third-order valence-corrected chi connectivity index (χ3v) is 4.56. The monoisotopic (exact) mass is 419 g/mol. The highest BCUT2D eigenvalue weighted by Crippen LogP contribution is 2.30. The molecule has 0 unspecified atom stereocenters. The number of aromatic nitrogens is 2. The third-order valence-electron chi connectivity index (χ3n) is 4.56. The molecule has 0 saturated carbocycles. The Labute approximate surface area is 178 Å². The zero-order chi connectivity index (χ0) is 22.7. The first kappa shape index (κ1) is 23.7. The molecule has 6 nitrogen and oxygen atoms in total. The second-order valence-electron chi connectivity index (χ2n) is 9.53. The number of alkyl carbamates (subject to hydrolysis) is 1. The van der Waals surface area contributed by atoms with Crippen LogP contribution >= 0.6 is 0 Å². The maximum atomic E-state index is 14.8. The van der Waals surface area contributed by atoms with Crippen molar-refractivity contribution in [3.63, 3.8) is 0 Å². The molecule has 30 heavy (non-hydrogen) atoms. The molecule has 0 saturated heterocycles. The molecule has 0 bridgehead atoms. The molecule has 0 fully saturated rings. The van der Waals surface area contributed by atoms with E-state index in [4.69, 9.17) is 9.47 Å². The normalized spacial score (nSPS) is 13.8. The van der Waals surface area contributed by atoms with Crippen LogP contribution in [0.5, 0.6) is 5.75 Å². The summed E-state index contributed by atoms with van der Waals surface area (Å²) in [5, 5.41) is 9.97. The molecule has 2 aromatic rings. The summed E-state index contributed by atoms with van der Waals surface area (Å²) in [5.41, 5.74) is 2.00. The Morgan fingerprint density at radius 2 is 1.90 bits per heavy atom. The number of carbonyl (C=O) groups is 1. The molecule has 0 aliphatic carbocycles. The molecule has 0 aliphatic heterocycles. The van der Waals surface area contributed by atoms with Crippen molar-refractivity contribution in [2.75, 3.05) is 6.61 Å². The van der Waals surface area contributed by atoms with E-state index in [-0.39, 0.29) is 12.4 Å². The van der Waals surface area contributed by atoms with Gasteiger partial charge in [-0.2, -0.15) is 5.10 Å². The highest BCUT2D eigenvalue weighted by atomic mass is 19.1. The molecule has 0 aliphatic rings. The third kappa shape index (κ3) is 6.47. The zero-order valence-corrected chi connectivity index (χ0v) is 19.3. The second kappa shape index (κ2) is 9.06. The summed E-state index contributed by atoms with van der Waals surface area (Å²) in [4.78, 5) is 12.3. The van der Waals surface area contributed by atoms with Gasteiger partial charge < -0.3 is 14.8 Å². The molecule has 0 spiro atoms. The van der Waals surface area contributed by atoms with Crippen molar-refractivity contribution in [1.29, 1.82) is 0 Å². The lowest BCUT2D eigenvalue weighted by Gasteiger charge is -2.33. The van der Waals surface area contributed by atoms with Crippen LogP contribution in [0.3, 0.4) is 0 Å². The Morgan fingerprint density at radius 3 is 2.40 bits per heavy atom. The Bertz CT molecular complexity index is 867. The molecule has 1 heterocycles. The first-order valence-electron chi connectivity index (χ1n) is 10.2. The number of rotatable bonds is 7. The lowest BCUT2D eigenvalue weighted by atomic mass is 9.91. The van der Waals surface area contributed by atoms with Gasteiger partial charge in [-0.1, -0.05) is 19.9 Å². The Balaban J connectivity index is 2.15. The lowest BCUT2D eigenvalue weighted by Crippen LogP contribution is -2.52. The van der Waals surface area contributed by atoms with Crippen molar-refractivity contribution in [2.24, 2.45) is 5.92 Å². The van der Waals surface area contributed by atoms with Crippen molar-refractivity contribution in [3.05, 3.63) is 35.4 Å². The Kier molecular flexibility index (Phi) is 7.16. The predicted molar refractivity (Wildman–Crippen MR) is 116 cm³/mol. The fraction of sp³-hybridized carbons (Fsp3) is 0.565. The molecule has 7 heteroatoms. The molecule has 2 N–H and O–H groups in total.